The number of hydrogen-bond donors (Lipinski definition) is 2. The third-order valence-corrected chi connectivity index (χ3v) is 8.12. The van der Waals surface area contributed by atoms with Gasteiger partial charge >= 0.3 is 0 Å². The number of hydrogen-bond acceptors (Lipinski definition) is 6. The van der Waals surface area contributed by atoms with Gasteiger partial charge in [0, 0.05) is 17.0 Å². The van der Waals surface area contributed by atoms with E-state index in [-0.39, 0.29) is 29.6 Å². The fourth-order valence-electron chi connectivity index (χ4n) is 6.51. The number of benzene rings is 2. The molecule has 34 heavy (non-hydrogen) atoms. The quantitative estimate of drug-likeness (QED) is 0.441. The third kappa shape index (κ3) is 3.69. The first-order valence-electron chi connectivity index (χ1n) is 11.6. The van der Waals surface area contributed by atoms with E-state index in [0.717, 1.165) is 48.6 Å². The predicted molar refractivity (Wildman–Crippen MR) is 122 cm³/mol. The number of aromatic hydroxyl groups is 1. The van der Waals surface area contributed by atoms with Crippen LogP contribution in [0, 0.1) is 28.9 Å². The van der Waals surface area contributed by atoms with Crippen molar-refractivity contribution >= 4 is 11.4 Å². The van der Waals surface area contributed by atoms with Gasteiger partial charge in [0.25, 0.3) is 0 Å². The van der Waals surface area contributed by atoms with Crippen molar-refractivity contribution in [2.75, 3.05) is 7.11 Å². The zero-order valence-corrected chi connectivity index (χ0v) is 19.2. The average Bonchev–Trinajstić information content (AvgIpc) is 3.14. The molecule has 0 unspecified atom stereocenters. The van der Waals surface area contributed by atoms with Crippen molar-refractivity contribution < 1.29 is 28.7 Å². The average molecular weight is 471 g/mol. The van der Waals surface area contributed by atoms with Crippen molar-refractivity contribution in [2.24, 2.45) is 27.6 Å². The zero-order valence-electron chi connectivity index (χ0n) is 19.2. The smallest absolute Gasteiger partial charge is 0.160 e. The Balaban J connectivity index is 1.50. The Bertz CT molecular complexity index is 1160. The Morgan fingerprint density at radius 1 is 1.12 bits per heavy atom. The van der Waals surface area contributed by atoms with E-state index in [2.05, 4.69) is 17.2 Å². The van der Waals surface area contributed by atoms with Crippen LogP contribution in [-0.2, 0) is 11.4 Å². The monoisotopic (exact) mass is 470 g/mol. The van der Waals surface area contributed by atoms with E-state index < -0.39 is 11.6 Å². The number of halogens is 2. The lowest BCUT2D eigenvalue weighted by Gasteiger charge is -2.48. The van der Waals surface area contributed by atoms with Gasteiger partial charge in [0.1, 0.15) is 18.2 Å². The second-order valence-corrected chi connectivity index (χ2v) is 9.82. The van der Waals surface area contributed by atoms with Crippen molar-refractivity contribution in [2.45, 2.75) is 51.6 Å². The molecule has 2 fully saturated rings. The third-order valence-electron chi connectivity index (χ3n) is 8.12. The maximum Gasteiger partial charge on any atom is 0.160 e. The number of fused-ring (bicyclic) bond motifs is 5. The lowest BCUT2D eigenvalue weighted by molar-refractivity contribution is 0.103. The molecule has 6 nitrogen and oxygen atoms in total. The molecule has 0 saturated heterocycles. The number of ether oxygens (including phenoxy) is 1. The van der Waals surface area contributed by atoms with Gasteiger partial charge in [0.2, 0.25) is 0 Å². The van der Waals surface area contributed by atoms with E-state index in [4.69, 9.17) is 9.57 Å². The molecule has 5 rings (SSSR count). The summed E-state index contributed by atoms with van der Waals surface area (Å²) in [6, 6.07) is 6.79. The van der Waals surface area contributed by atoms with Gasteiger partial charge in [-0.1, -0.05) is 17.2 Å². The lowest BCUT2D eigenvalue weighted by atomic mass is 9.55. The van der Waals surface area contributed by atoms with Gasteiger partial charge < -0.3 is 19.9 Å². The number of methoxy groups -OCH3 is 1. The van der Waals surface area contributed by atoms with Crippen LogP contribution >= 0.6 is 0 Å². The molecule has 0 heterocycles. The van der Waals surface area contributed by atoms with Crippen molar-refractivity contribution in [1.82, 2.24) is 0 Å². The first kappa shape index (κ1) is 22.6. The van der Waals surface area contributed by atoms with Crippen LogP contribution < -0.4 is 4.74 Å². The Kier molecular flexibility index (Phi) is 5.70. The summed E-state index contributed by atoms with van der Waals surface area (Å²) in [4.78, 5) is 5.56. The van der Waals surface area contributed by atoms with E-state index >= 15 is 0 Å². The molecule has 3 aliphatic carbocycles. The Morgan fingerprint density at radius 2 is 1.88 bits per heavy atom. The molecule has 180 valence electrons. The molecular weight excluding hydrogens is 442 g/mol. The molecule has 0 bridgehead atoms. The van der Waals surface area contributed by atoms with Crippen LogP contribution in [0.2, 0.25) is 0 Å². The first-order chi connectivity index (χ1) is 16.3. The van der Waals surface area contributed by atoms with Crippen LogP contribution in [-0.4, -0.2) is 28.8 Å². The van der Waals surface area contributed by atoms with Gasteiger partial charge in [0.05, 0.1) is 18.5 Å². The second-order valence-electron chi connectivity index (χ2n) is 9.82. The van der Waals surface area contributed by atoms with Gasteiger partial charge in [0.15, 0.2) is 11.5 Å². The molecule has 0 amide bonds. The van der Waals surface area contributed by atoms with E-state index in [1.807, 2.05) is 6.07 Å². The van der Waals surface area contributed by atoms with Crippen molar-refractivity contribution in [3.63, 3.8) is 0 Å². The summed E-state index contributed by atoms with van der Waals surface area (Å²) in [5, 5.41) is 28.1. The van der Waals surface area contributed by atoms with Gasteiger partial charge in [-0.05, 0) is 85.3 Å². The first-order valence-corrected chi connectivity index (χ1v) is 11.6. The summed E-state index contributed by atoms with van der Waals surface area (Å²) in [7, 11) is 1.52. The molecule has 8 heteroatoms. The maximum absolute atomic E-state index is 13.5. The highest BCUT2D eigenvalue weighted by atomic mass is 19.1. The standard InChI is InChI=1S/C26H28F2N2O4/c1-26-6-5-17-18-12-24(33-2)23(31)11-20(18)22(10-19(17)21(26)3-4-25(26)29-32)30-34-13-14-7-15(27)9-16(28)8-14/h7-9,11-12,17,19,21,31-32H,3-6,10,13H2,1-2H3/t17-,19-,21+,26+/m1/s1. The summed E-state index contributed by atoms with van der Waals surface area (Å²) < 4.78 is 32.4. The van der Waals surface area contributed by atoms with E-state index in [1.54, 1.807) is 6.07 Å². The topological polar surface area (TPSA) is 83.6 Å². The summed E-state index contributed by atoms with van der Waals surface area (Å²) in [5.41, 5.74) is 3.61. The van der Waals surface area contributed by atoms with Crippen LogP contribution in [0.25, 0.3) is 0 Å². The fourth-order valence-corrected chi connectivity index (χ4v) is 6.51. The van der Waals surface area contributed by atoms with Gasteiger partial charge in [-0.2, -0.15) is 0 Å². The normalized spacial score (nSPS) is 30.1. The Morgan fingerprint density at radius 3 is 2.59 bits per heavy atom. The van der Waals surface area contributed by atoms with Crippen LogP contribution in [0.1, 0.15) is 61.6 Å². The predicted octanol–water partition coefficient (Wildman–Crippen LogP) is 5.74. The Labute approximate surface area is 196 Å². The highest BCUT2D eigenvalue weighted by Gasteiger charge is 2.54. The number of rotatable bonds is 4. The number of oxime groups is 2. The van der Waals surface area contributed by atoms with Crippen LogP contribution in [0.5, 0.6) is 11.5 Å². The van der Waals surface area contributed by atoms with Crippen molar-refractivity contribution in [1.29, 1.82) is 0 Å². The van der Waals surface area contributed by atoms with Crippen LogP contribution in [0.15, 0.2) is 40.6 Å². The molecular formula is C26H28F2N2O4. The molecule has 4 atom stereocenters. The molecule has 0 radical (unpaired) electrons. The van der Waals surface area contributed by atoms with Gasteiger partial charge in [-0.3, -0.25) is 0 Å². The Hall–Kier alpha value is -3.16. The molecule has 2 saturated carbocycles. The largest absolute Gasteiger partial charge is 0.504 e. The minimum absolute atomic E-state index is 0.0239. The van der Waals surface area contributed by atoms with E-state index in [1.165, 1.54) is 19.2 Å². The highest BCUT2D eigenvalue weighted by molar-refractivity contribution is 6.04. The van der Waals surface area contributed by atoms with Crippen LogP contribution in [0.4, 0.5) is 8.78 Å². The summed E-state index contributed by atoms with van der Waals surface area (Å²) >= 11 is 0. The highest BCUT2D eigenvalue weighted by Crippen LogP contribution is 2.60. The van der Waals surface area contributed by atoms with Crippen LogP contribution in [0.3, 0.4) is 0 Å². The maximum atomic E-state index is 13.5. The zero-order chi connectivity index (χ0) is 24.0. The van der Waals surface area contributed by atoms with E-state index in [0.29, 0.717) is 29.4 Å². The molecule has 0 aromatic heterocycles. The lowest BCUT2D eigenvalue weighted by Crippen LogP contribution is -2.43. The molecule has 2 N–H and O–H groups in total. The summed E-state index contributed by atoms with van der Waals surface area (Å²) in [5.74, 6) is -0.0577. The SMILES string of the molecule is COc1cc2c(cc1O)C(=NOCc1cc(F)cc(F)c1)C[C@@H]1[C@@H]2CC[C@]2(C)C(=NO)CC[C@@H]12. The minimum Gasteiger partial charge on any atom is -0.504 e. The van der Waals surface area contributed by atoms with Crippen molar-refractivity contribution in [3.8, 4) is 11.5 Å². The molecule has 0 aliphatic heterocycles. The minimum atomic E-state index is -0.668. The molecule has 3 aliphatic rings. The summed E-state index contributed by atoms with van der Waals surface area (Å²) in [6.07, 6.45) is 4.21. The second kappa shape index (κ2) is 8.56. The van der Waals surface area contributed by atoms with Gasteiger partial charge in [-0.15, -0.1) is 0 Å². The van der Waals surface area contributed by atoms with Crippen molar-refractivity contribution in [3.05, 3.63) is 58.7 Å². The number of nitrogens with zero attached hydrogens (tertiary/aromatic N) is 2. The van der Waals surface area contributed by atoms with E-state index in [9.17, 15) is 19.1 Å². The summed E-state index contributed by atoms with van der Waals surface area (Å²) in [6.45, 7) is 2.11. The van der Waals surface area contributed by atoms with Gasteiger partial charge in [-0.25, -0.2) is 8.78 Å². The fraction of sp³-hybridized carbons (Fsp3) is 0.462. The number of phenolic OH excluding ortho intramolecular Hbond substituents is 1. The molecule has 2 aromatic carbocycles. The number of phenols is 1. The molecule has 0 spiro atoms. The molecule has 2 aromatic rings.